The summed E-state index contributed by atoms with van der Waals surface area (Å²) in [5.41, 5.74) is 2.29. The van der Waals surface area contributed by atoms with Gasteiger partial charge in [0.2, 0.25) is 0 Å². The van der Waals surface area contributed by atoms with E-state index in [1.165, 1.54) is 12.1 Å². The molecule has 2 aromatic carbocycles. The average molecular weight is 261 g/mol. The van der Waals surface area contributed by atoms with E-state index < -0.39 is 5.82 Å². The van der Waals surface area contributed by atoms with Crippen LogP contribution in [0.4, 0.5) is 15.8 Å². The van der Waals surface area contributed by atoms with Crippen LogP contribution in [0.5, 0.6) is 0 Å². The number of nitrogens with one attached hydrogen (secondary N) is 1. The highest BCUT2D eigenvalue weighted by Gasteiger charge is 2.06. The number of nitriles is 1. The molecule has 4 heteroatoms. The Morgan fingerprint density at radius 2 is 2.06 bits per heavy atom. The van der Waals surface area contributed by atoms with Gasteiger partial charge in [0.25, 0.3) is 0 Å². The molecule has 0 saturated heterocycles. The minimum Gasteiger partial charge on any atom is -0.354 e. The maximum atomic E-state index is 13.5. The average Bonchev–Trinajstić information content (AvgIpc) is 2.34. The monoisotopic (exact) mass is 260 g/mol. The number of halogens is 2. The van der Waals surface area contributed by atoms with Crippen LogP contribution in [-0.2, 0) is 0 Å². The summed E-state index contributed by atoms with van der Waals surface area (Å²) in [6, 6.07) is 11.7. The first-order chi connectivity index (χ1) is 8.61. The maximum Gasteiger partial charge on any atom is 0.143 e. The van der Waals surface area contributed by atoms with Gasteiger partial charge in [-0.05, 0) is 36.8 Å². The highest BCUT2D eigenvalue weighted by atomic mass is 35.5. The second-order valence-electron chi connectivity index (χ2n) is 3.86. The number of benzene rings is 2. The molecule has 90 valence electrons. The molecule has 0 aliphatic rings. The Morgan fingerprint density at radius 1 is 1.28 bits per heavy atom. The Kier molecular flexibility index (Phi) is 3.50. The molecule has 0 bridgehead atoms. The molecule has 1 N–H and O–H groups in total. The summed E-state index contributed by atoms with van der Waals surface area (Å²) in [6.07, 6.45) is 0. The topological polar surface area (TPSA) is 35.8 Å². The molecule has 2 nitrogen and oxygen atoms in total. The van der Waals surface area contributed by atoms with Gasteiger partial charge in [0.15, 0.2) is 0 Å². The molecule has 0 aliphatic heterocycles. The first-order valence-corrected chi connectivity index (χ1v) is 5.71. The lowest BCUT2D eigenvalue weighted by Crippen LogP contribution is -1.95. The lowest BCUT2D eigenvalue weighted by Gasteiger charge is -2.11. The van der Waals surface area contributed by atoms with E-state index in [0.29, 0.717) is 10.7 Å². The molecule has 0 fully saturated rings. The van der Waals surface area contributed by atoms with E-state index in [2.05, 4.69) is 5.32 Å². The molecule has 2 aromatic rings. The summed E-state index contributed by atoms with van der Waals surface area (Å²) in [7, 11) is 0. The third-order valence-electron chi connectivity index (χ3n) is 2.58. The first-order valence-electron chi connectivity index (χ1n) is 5.33. The lowest BCUT2D eigenvalue weighted by atomic mass is 10.1. The van der Waals surface area contributed by atoms with Crippen molar-refractivity contribution in [3.05, 3.63) is 58.4 Å². The van der Waals surface area contributed by atoms with E-state index in [9.17, 15) is 4.39 Å². The van der Waals surface area contributed by atoms with Crippen molar-refractivity contribution in [2.45, 2.75) is 6.92 Å². The van der Waals surface area contributed by atoms with Crippen molar-refractivity contribution in [3.8, 4) is 6.07 Å². The molecule has 18 heavy (non-hydrogen) atoms. The predicted molar refractivity (Wildman–Crippen MR) is 70.6 cm³/mol. The van der Waals surface area contributed by atoms with Crippen molar-refractivity contribution in [2.75, 3.05) is 5.32 Å². The van der Waals surface area contributed by atoms with Crippen LogP contribution in [0.25, 0.3) is 0 Å². The number of hydrogen-bond donors (Lipinski definition) is 1. The largest absolute Gasteiger partial charge is 0.354 e. The van der Waals surface area contributed by atoms with Crippen LogP contribution in [0.3, 0.4) is 0 Å². The van der Waals surface area contributed by atoms with Crippen LogP contribution < -0.4 is 5.32 Å². The van der Waals surface area contributed by atoms with Crippen molar-refractivity contribution < 1.29 is 4.39 Å². The number of aryl methyl sites for hydroxylation is 1. The minimum atomic E-state index is -0.549. The maximum absolute atomic E-state index is 13.5. The van der Waals surface area contributed by atoms with Crippen molar-refractivity contribution >= 4 is 23.0 Å². The van der Waals surface area contributed by atoms with E-state index in [0.717, 1.165) is 11.3 Å². The normalized spacial score (nSPS) is 9.89. The summed E-state index contributed by atoms with van der Waals surface area (Å²) < 4.78 is 13.5. The summed E-state index contributed by atoms with van der Waals surface area (Å²) in [4.78, 5) is 0. The zero-order chi connectivity index (χ0) is 13.1. The third-order valence-corrected chi connectivity index (χ3v) is 2.90. The third kappa shape index (κ3) is 2.44. The molecule has 0 atom stereocenters. The Bertz CT molecular complexity index is 612. The zero-order valence-electron chi connectivity index (χ0n) is 9.67. The molecule has 0 radical (unpaired) electrons. The fourth-order valence-corrected chi connectivity index (χ4v) is 1.89. The van der Waals surface area contributed by atoms with Gasteiger partial charge in [-0.2, -0.15) is 5.26 Å². The van der Waals surface area contributed by atoms with E-state index in [1.54, 1.807) is 18.2 Å². The van der Waals surface area contributed by atoms with Crippen LogP contribution in [0.1, 0.15) is 11.1 Å². The van der Waals surface area contributed by atoms with Crippen LogP contribution in [-0.4, -0.2) is 0 Å². The standard InChI is InChI=1S/C14H10ClFN2/c1-9-3-2-4-12(15)14(9)18-11-6-5-10(8-17)13(16)7-11/h2-7,18H,1H3. The number of hydrogen-bond acceptors (Lipinski definition) is 2. The van der Waals surface area contributed by atoms with Gasteiger partial charge in [-0.15, -0.1) is 0 Å². The summed E-state index contributed by atoms with van der Waals surface area (Å²) >= 11 is 6.07. The van der Waals surface area contributed by atoms with E-state index >= 15 is 0 Å². The van der Waals surface area contributed by atoms with Gasteiger partial charge in [0.05, 0.1) is 16.3 Å². The molecule has 0 saturated carbocycles. The lowest BCUT2D eigenvalue weighted by molar-refractivity contribution is 0.624. The Labute approximate surface area is 110 Å². The highest BCUT2D eigenvalue weighted by molar-refractivity contribution is 6.33. The minimum absolute atomic E-state index is 0.0245. The van der Waals surface area contributed by atoms with Crippen molar-refractivity contribution in [3.63, 3.8) is 0 Å². The van der Waals surface area contributed by atoms with Gasteiger partial charge >= 0.3 is 0 Å². The van der Waals surface area contributed by atoms with E-state index in [-0.39, 0.29) is 5.56 Å². The molecule has 0 heterocycles. The van der Waals surface area contributed by atoms with Gasteiger partial charge in [-0.1, -0.05) is 23.7 Å². The van der Waals surface area contributed by atoms with E-state index in [1.807, 2.05) is 19.1 Å². The first kappa shape index (κ1) is 12.4. The zero-order valence-corrected chi connectivity index (χ0v) is 10.4. The van der Waals surface area contributed by atoms with Crippen LogP contribution >= 0.6 is 11.6 Å². The second kappa shape index (κ2) is 5.07. The number of anilines is 2. The predicted octanol–water partition coefficient (Wildman–Crippen LogP) is 4.40. The molecular formula is C14H10ClFN2. The number of nitrogens with zero attached hydrogens (tertiary/aromatic N) is 1. The SMILES string of the molecule is Cc1cccc(Cl)c1Nc1ccc(C#N)c(F)c1. The number of rotatable bonds is 2. The van der Waals surface area contributed by atoms with Crippen molar-refractivity contribution in [1.29, 1.82) is 5.26 Å². The van der Waals surface area contributed by atoms with Gasteiger partial charge < -0.3 is 5.32 Å². The summed E-state index contributed by atoms with van der Waals surface area (Å²) in [6.45, 7) is 1.91. The van der Waals surface area contributed by atoms with Gasteiger partial charge in [0, 0.05) is 5.69 Å². The fraction of sp³-hybridized carbons (Fsp3) is 0.0714. The van der Waals surface area contributed by atoms with Crippen LogP contribution in [0.2, 0.25) is 5.02 Å². The Morgan fingerprint density at radius 3 is 2.67 bits per heavy atom. The van der Waals surface area contributed by atoms with Gasteiger partial charge in [0.1, 0.15) is 11.9 Å². The molecule has 0 aliphatic carbocycles. The van der Waals surface area contributed by atoms with E-state index in [4.69, 9.17) is 16.9 Å². The number of para-hydroxylation sites is 1. The highest BCUT2D eigenvalue weighted by Crippen LogP contribution is 2.29. The smallest absolute Gasteiger partial charge is 0.143 e. The quantitative estimate of drug-likeness (QED) is 0.869. The summed E-state index contributed by atoms with van der Waals surface area (Å²) in [5, 5.41) is 12.3. The Hall–Kier alpha value is -2.05. The molecule has 0 spiro atoms. The molecule has 2 rings (SSSR count). The van der Waals surface area contributed by atoms with Gasteiger partial charge in [-0.3, -0.25) is 0 Å². The molecule has 0 amide bonds. The van der Waals surface area contributed by atoms with Gasteiger partial charge in [-0.25, -0.2) is 4.39 Å². The van der Waals surface area contributed by atoms with Crippen molar-refractivity contribution in [2.24, 2.45) is 0 Å². The van der Waals surface area contributed by atoms with Crippen LogP contribution in [0, 0.1) is 24.1 Å². The second-order valence-corrected chi connectivity index (χ2v) is 4.27. The van der Waals surface area contributed by atoms with Crippen LogP contribution in [0.15, 0.2) is 36.4 Å². The fourth-order valence-electron chi connectivity index (χ4n) is 1.62. The Balaban J connectivity index is 2.35. The summed E-state index contributed by atoms with van der Waals surface area (Å²) in [5.74, 6) is -0.549. The molecule has 0 aromatic heterocycles. The molecule has 0 unspecified atom stereocenters. The molecular weight excluding hydrogens is 251 g/mol. The van der Waals surface area contributed by atoms with Crippen molar-refractivity contribution in [1.82, 2.24) is 0 Å².